The molecule has 0 bridgehead atoms. The maximum absolute atomic E-state index is 12.8. The Morgan fingerprint density at radius 2 is 2.03 bits per heavy atom. The first-order valence-corrected chi connectivity index (χ1v) is 8.87. The Hall–Kier alpha value is -3.07. The van der Waals surface area contributed by atoms with Crippen LogP contribution in [0.1, 0.15) is 24.2 Å². The molecule has 1 aliphatic heterocycles. The summed E-state index contributed by atoms with van der Waals surface area (Å²) in [6.45, 7) is 0.341. The van der Waals surface area contributed by atoms with Crippen LogP contribution in [0.4, 0.5) is 18.9 Å². The largest absolute Gasteiger partial charge is 0.483 e. The van der Waals surface area contributed by atoms with Crippen LogP contribution in [-0.4, -0.2) is 30.8 Å². The highest BCUT2D eigenvalue weighted by Crippen LogP contribution is 2.30. The summed E-state index contributed by atoms with van der Waals surface area (Å²) in [5.74, 6) is -0.352. The number of carbonyl (C=O) groups excluding carboxylic acids is 1. The van der Waals surface area contributed by atoms with Gasteiger partial charge < -0.3 is 10.1 Å². The first-order valence-electron chi connectivity index (χ1n) is 8.87. The molecular formula is C20H20F3N3O3. The van der Waals surface area contributed by atoms with Crippen molar-refractivity contribution in [2.45, 2.75) is 25.6 Å². The van der Waals surface area contributed by atoms with Crippen LogP contribution in [0.15, 0.2) is 54.4 Å². The zero-order valence-corrected chi connectivity index (χ0v) is 15.9. The second-order valence-electron chi connectivity index (χ2n) is 6.42. The zero-order valence-electron chi connectivity index (χ0n) is 15.9. The van der Waals surface area contributed by atoms with Gasteiger partial charge in [0, 0.05) is 0 Å². The van der Waals surface area contributed by atoms with Crippen molar-refractivity contribution in [2.75, 3.05) is 18.8 Å². The third kappa shape index (κ3) is 5.05. The van der Waals surface area contributed by atoms with Crippen molar-refractivity contribution in [3.05, 3.63) is 65.6 Å². The number of halogens is 3. The van der Waals surface area contributed by atoms with E-state index in [1.807, 2.05) is 24.3 Å². The van der Waals surface area contributed by atoms with Crippen molar-refractivity contribution in [2.24, 2.45) is 0 Å². The number of nitrogens with zero attached hydrogens (tertiary/aromatic N) is 2. The third-order valence-electron chi connectivity index (χ3n) is 4.31. The molecular weight excluding hydrogens is 387 g/mol. The van der Waals surface area contributed by atoms with E-state index in [1.54, 1.807) is 13.0 Å². The molecule has 6 nitrogen and oxygen atoms in total. The number of aromatic nitrogens is 1. The number of rotatable bonds is 6. The molecule has 3 rings (SSSR count). The summed E-state index contributed by atoms with van der Waals surface area (Å²) >= 11 is 0. The molecule has 0 fully saturated rings. The molecule has 0 spiro atoms. The highest BCUT2D eigenvalue weighted by atomic mass is 19.4. The van der Waals surface area contributed by atoms with Gasteiger partial charge in [-0.15, -0.1) is 0 Å². The highest BCUT2D eigenvalue weighted by Gasteiger charge is 2.29. The molecule has 1 aromatic heterocycles. The number of amides is 1. The van der Waals surface area contributed by atoms with E-state index in [0.717, 1.165) is 11.3 Å². The summed E-state index contributed by atoms with van der Waals surface area (Å²) in [6, 6.07) is 10.0. The molecule has 1 aromatic carbocycles. The van der Waals surface area contributed by atoms with Gasteiger partial charge in [0.05, 0.1) is 30.7 Å². The third-order valence-corrected chi connectivity index (χ3v) is 4.31. The molecule has 0 saturated carbocycles. The van der Waals surface area contributed by atoms with Gasteiger partial charge in [-0.3, -0.25) is 14.6 Å². The standard InChI is InChI=1S/C20H20F3N3O3/c1-13(16-9-8-15(11-24-16)29-12-20(21,22)23)25-19(27)18-10-7-14-5-3-4-6-17(14)26(18)28-2/h3-6,8-11,13H,7,12H2,1-2H3,(H,25,27)/t13-/m1/s1. The van der Waals surface area contributed by atoms with E-state index in [0.29, 0.717) is 17.8 Å². The Morgan fingerprint density at radius 3 is 2.69 bits per heavy atom. The molecule has 154 valence electrons. The van der Waals surface area contributed by atoms with Gasteiger partial charge in [0.25, 0.3) is 5.91 Å². The van der Waals surface area contributed by atoms with Crippen molar-refractivity contribution < 1.29 is 27.5 Å². The maximum atomic E-state index is 12.8. The van der Waals surface area contributed by atoms with Gasteiger partial charge in [-0.1, -0.05) is 18.2 Å². The minimum Gasteiger partial charge on any atom is -0.483 e. The quantitative estimate of drug-likeness (QED) is 0.791. The molecule has 0 radical (unpaired) electrons. The molecule has 1 N–H and O–H groups in total. The van der Waals surface area contributed by atoms with E-state index >= 15 is 0 Å². The van der Waals surface area contributed by atoms with Crippen LogP contribution in [0, 0.1) is 0 Å². The highest BCUT2D eigenvalue weighted by molar-refractivity contribution is 5.97. The van der Waals surface area contributed by atoms with E-state index in [9.17, 15) is 18.0 Å². The van der Waals surface area contributed by atoms with Gasteiger partial charge in [-0.05, 0) is 43.2 Å². The Bertz CT molecular complexity index is 898. The summed E-state index contributed by atoms with van der Waals surface area (Å²) in [5, 5.41) is 4.29. The number of para-hydroxylation sites is 1. The van der Waals surface area contributed by atoms with E-state index in [2.05, 4.69) is 15.0 Å². The summed E-state index contributed by atoms with van der Waals surface area (Å²) in [5.41, 5.74) is 2.66. The van der Waals surface area contributed by atoms with Gasteiger partial charge in [0.2, 0.25) is 0 Å². The lowest BCUT2D eigenvalue weighted by molar-refractivity contribution is -0.153. The van der Waals surface area contributed by atoms with E-state index in [1.165, 1.54) is 30.5 Å². The fourth-order valence-corrected chi connectivity index (χ4v) is 2.93. The normalized spacial score (nSPS) is 14.7. The second kappa shape index (κ2) is 8.52. The number of ether oxygens (including phenoxy) is 1. The Morgan fingerprint density at radius 1 is 1.28 bits per heavy atom. The zero-order chi connectivity index (χ0) is 21.0. The Kier molecular flexibility index (Phi) is 6.07. The van der Waals surface area contributed by atoms with Gasteiger partial charge >= 0.3 is 6.18 Å². The number of pyridine rings is 1. The number of alkyl halides is 3. The lowest BCUT2D eigenvalue weighted by atomic mass is 10.0. The SMILES string of the molecule is CON1C(C(=O)N[C@H](C)c2ccc(OCC(F)(F)F)cn2)=CCc2ccccc21. The van der Waals surface area contributed by atoms with Crippen LogP contribution in [0.25, 0.3) is 0 Å². The predicted molar refractivity (Wildman–Crippen MR) is 100 cm³/mol. The summed E-state index contributed by atoms with van der Waals surface area (Å²) in [7, 11) is 1.48. The minimum atomic E-state index is -4.42. The lowest BCUT2D eigenvalue weighted by Crippen LogP contribution is -2.37. The van der Waals surface area contributed by atoms with E-state index in [-0.39, 0.29) is 11.7 Å². The second-order valence-corrected chi connectivity index (χ2v) is 6.42. The van der Waals surface area contributed by atoms with E-state index in [4.69, 9.17) is 4.84 Å². The van der Waals surface area contributed by atoms with Crippen molar-refractivity contribution in [3.63, 3.8) is 0 Å². The number of nitrogens with one attached hydrogen (secondary N) is 1. The number of benzene rings is 1. The van der Waals surface area contributed by atoms with E-state index < -0.39 is 18.8 Å². The topological polar surface area (TPSA) is 63.7 Å². The summed E-state index contributed by atoms with van der Waals surface area (Å²) in [4.78, 5) is 22.2. The number of hydroxylamine groups is 1. The molecule has 2 aromatic rings. The molecule has 2 heterocycles. The van der Waals surface area contributed by atoms with Crippen LogP contribution in [0.5, 0.6) is 5.75 Å². The number of anilines is 1. The fraction of sp³-hybridized carbons (Fsp3) is 0.300. The van der Waals surface area contributed by atoms with Gasteiger partial charge in [0.1, 0.15) is 11.4 Å². The molecule has 29 heavy (non-hydrogen) atoms. The number of carbonyl (C=O) groups is 1. The van der Waals surface area contributed by atoms with Gasteiger partial charge in [0.15, 0.2) is 6.61 Å². The van der Waals surface area contributed by atoms with Gasteiger partial charge in [-0.2, -0.15) is 13.2 Å². The smallest absolute Gasteiger partial charge is 0.422 e. The maximum Gasteiger partial charge on any atom is 0.422 e. The minimum absolute atomic E-state index is 0.00163. The number of hydrogen-bond acceptors (Lipinski definition) is 5. The van der Waals surface area contributed by atoms with Crippen LogP contribution >= 0.6 is 0 Å². The van der Waals surface area contributed by atoms with Gasteiger partial charge in [-0.25, -0.2) is 5.06 Å². The van der Waals surface area contributed by atoms with Crippen molar-refractivity contribution >= 4 is 11.6 Å². The number of hydrogen-bond donors (Lipinski definition) is 1. The molecule has 9 heteroatoms. The summed E-state index contributed by atoms with van der Waals surface area (Å²) in [6.07, 6.45) is -0.854. The Labute approximate surface area is 165 Å². The van der Waals surface area contributed by atoms with Crippen LogP contribution in [-0.2, 0) is 16.1 Å². The van der Waals surface area contributed by atoms with Crippen LogP contribution in [0.3, 0.4) is 0 Å². The average Bonchev–Trinajstić information content (AvgIpc) is 2.71. The van der Waals surface area contributed by atoms with Crippen LogP contribution < -0.4 is 15.1 Å². The van der Waals surface area contributed by atoms with Crippen molar-refractivity contribution in [3.8, 4) is 5.75 Å². The molecule has 0 saturated heterocycles. The molecule has 1 amide bonds. The van der Waals surface area contributed by atoms with Crippen molar-refractivity contribution in [1.29, 1.82) is 0 Å². The average molecular weight is 407 g/mol. The molecule has 0 aliphatic carbocycles. The molecule has 0 unspecified atom stereocenters. The van der Waals surface area contributed by atoms with Crippen molar-refractivity contribution in [1.82, 2.24) is 10.3 Å². The summed E-state index contributed by atoms with van der Waals surface area (Å²) < 4.78 is 41.3. The molecule has 1 aliphatic rings. The monoisotopic (exact) mass is 407 g/mol. The Balaban J connectivity index is 1.65. The number of allylic oxidation sites excluding steroid dienone is 1. The molecule has 1 atom stereocenters. The lowest BCUT2D eigenvalue weighted by Gasteiger charge is -2.29. The first kappa shape index (κ1) is 20.7. The van der Waals surface area contributed by atoms with Crippen LogP contribution in [0.2, 0.25) is 0 Å². The first-order chi connectivity index (χ1) is 13.8. The number of fused-ring (bicyclic) bond motifs is 1. The fourth-order valence-electron chi connectivity index (χ4n) is 2.93. The predicted octanol–water partition coefficient (Wildman–Crippen LogP) is 3.71.